The molecule has 1 aromatic carbocycles. The molecule has 0 bridgehead atoms. The number of ether oxygens (including phenoxy) is 1. The van der Waals surface area contributed by atoms with Gasteiger partial charge < -0.3 is 26.8 Å². The van der Waals surface area contributed by atoms with E-state index in [-0.39, 0.29) is 22.6 Å². The second kappa shape index (κ2) is 12.5. The standard InChI is InChI=1S/C24H30ClN5O3S/c1-15(25)7-10-20(27)30-23(32)21-18(6-5-11-28-21)29-22(31)17-9-8-16(34-4)12-19(17)33-14-24(2,3)13-26/h5-12H,13-14,26-27H2,1-4H3,(H,29,31)(H,30,32)/b15-7+,20-10+. The predicted octanol–water partition coefficient (Wildman–Crippen LogP) is 4.09. The molecule has 2 aromatic rings. The zero-order valence-corrected chi connectivity index (χ0v) is 21.2. The average molecular weight is 504 g/mol. The lowest BCUT2D eigenvalue weighted by atomic mass is 9.95. The van der Waals surface area contributed by atoms with E-state index in [0.29, 0.717) is 29.5 Å². The number of nitrogens with one attached hydrogen (secondary N) is 2. The molecule has 0 aliphatic rings. The lowest BCUT2D eigenvalue weighted by molar-refractivity contribution is 0.0961. The van der Waals surface area contributed by atoms with Gasteiger partial charge in [-0.05, 0) is 55.7 Å². The fourth-order valence-electron chi connectivity index (χ4n) is 2.58. The van der Waals surface area contributed by atoms with Crippen LogP contribution in [0.25, 0.3) is 0 Å². The van der Waals surface area contributed by atoms with E-state index in [1.807, 2.05) is 26.2 Å². The lowest BCUT2D eigenvalue weighted by Gasteiger charge is -2.23. The van der Waals surface area contributed by atoms with Crippen LogP contribution in [0.3, 0.4) is 0 Å². The maximum Gasteiger partial charge on any atom is 0.277 e. The third kappa shape index (κ3) is 8.09. The van der Waals surface area contributed by atoms with Gasteiger partial charge in [0, 0.05) is 28.1 Å². The molecule has 0 fully saturated rings. The number of aromatic nitrogens is 1. The molecule has 182 valence electrons. The highest BCUT2D eigenvalue weighted by Crippen LogP contribution is 2.28. The van der Waals surface area contributed by atoms with Gasteiger partial charge in [0.15, 0.2) is 5.69 Å². The molecule has 0 saturated heterocycles. The Balaban J connectivity index is 2.29. The van der Waals surface area contributed by atoms with E-state index in [2.05, 4.69) is 15.6 Å². The van der Waals surface area contributed by atoms with Crippen LogP contribution < -0.4 is 26.8 Å². The van der Waals surface area contributed by atoms with Gasteiger partial charge >= 0.3 is 0 Å². The van der Waals surface area contributed by atoms with Crippen molar-refractivity contribution in [3.8, 4) is 5.75 Å². The lowest BCUT2D eigenvalue weighted by Crippen LogP contribution is -2.31. The van der Waals surface area contributed by atoms with Crippen LogP contribution in [0.5, 0.6) is 5.75 Å². The van der Waals surface area contributed by atoms with Crippen LogP contribution in [0.15, 0.2) is 64.4 Å². The number of carbonyl (C=O) groups excluding carboxylic acids is 2. The minimum atomic E-state index is -0.579. The van der Waals surface area contributed by atoms with Gasteiger partial charge in [0.1, 0.15) is 11.6 Å². The van der Waals surface area contributed by atoms with Crippen LogP contribution in [0, 0.1) is 5.41 Å². The van der Waals surface area contributed by atoms with Crippen molar-refractivity contribution in [3.05, 3.63) is 70.8 Å². The third-order valence-electron chi connectivity index (χ3n) is 4.63. The van der Waals surface area contributed by atoms with Gasteiger partial charge in [-0.2, -0.15) is 0 Å². The van der Waals surface area contributed by atoms with Gasteiger partial charge in [0.05, 0.1) is 17.9 Å². The number of anilines is 1. The van der Waals surface area contributed by atoms with Gasteiger partial charge in [-0.25, -0.2) is 4.98 Å². The van der Waals surface area contributed by atoms with E-state index in [4.69, 9.17) is 27.8 Å². The molecule has 0 saturated carbocycles. The number of rotatable bonds is 10. The van der Waals surface area contributed by atoms with Crippen molar-refractivity contribution < 1.29 is 14.3 Å². The molecule has 0 aliphatic heterocycles. The van der Waals surface area contributed by atoms with Crippen molar-refractivity contribution in [1.29, 1.82) is 0 Å². The van der Waals surface area contributed by atoms with Crippen LogP contribution in [0.2, 0.25) is 0 Å². The van der Waals surface area contributed by atoms with E-state index in [9.17, 15) is 9.59 Å². The number of carbonyl (C=O) groups is 2. The smallest absolute Gasteiger partial charge is 0.277 e. The number of nitrogens with two attached hydrogens (primary N) is 2. The molecule has 34 heavy (non-hydrogen) atoms. The summed E-state index contributed by atoms with van der Waals surface area (Å²) in [5.74, 6) is -0.515. The molecule has 1 heterocycles. The Morgan fingerprint density at radius 2 is 1.97 bits per heavy atom. The first kappa shape index (κ1) is 27.2. The van der Waals surface area contributed by atoms with Crippen LogP contribution in [-0.2, 0) is 0 Å². The SMILES string of the molecule is CSc1ccc(C(=O)Nc2cccnc2C(=O)N/C(N)=C/C=C(\C)Cl)c(OCC(C)(C)CN)c1. The molecule has 0 spiro atoms. The van der Waals surface area contributed by atoms with Gasteiger partial charge in [-0.15, -0.1) is 11.8 Å². The number of nitrogens with zero attached hydrogens (tertiary/aromatic N) is 1. The number of amides is 2. The number of pyridine rings is 1. The molecule has 0 radical (unpaired) electrons. The first-order valence-corrected chi connectivity index (χ1v) is 12.0. The largest absolute Gasteiger partial charge is 0.492 e. The predicted molar refractivity (Wildman–Crippen MR) is 138 cm³/mol. The van der Waals surface area contributed by atoms with Crippen LogP contribution in [-0.4, -0.2) is 36.2 Å². The van der Waals surface area contributed by atoms with E-state index in [0.717, 1.165) is 4.90 Å². The van der Waals surface area contributed by atoms with Crippen LogP contribution >= 0.6 is 23.4 Å². The van der Waals surface area contributed by atoms with Gasteiger partial charge in [-0.1, -0.05) is 25.4 Å². The molecule has 0 unspecified atom stereocenters. The number of halogens is 1. The molecule has 6 N–H and O–H groups in total. The molecule has 10 heteroatoms. The number of hydrogen-bond donors (Lipinski definition) is 4. The summed E-state index contributed by atoms with van der Waals surface area (Å²) in [6.07, 6.45) is 6.39. The summed E-state index contributed by atoms with van der Waals surface area (Å²) < 4.78 is 5.98. The molecule has 8 nitrogen and oxygen atoms in total. The fourth-order valence-corrected chi connectivity index (χ4v) is 3.07. The Morgan fingerprint density at radius 1 is 1.24 bits per heavy atom. The zero-order chi connectivity index (χ0) is 25.3. The van der Waals surface area contributed by atoms with Crippen molar-refractivity contribution in [2.75, 3.05) is 24.7 Å². The van der Waals surface area contributed by atoms with Gasteiger partial charge in [-0.3, -0.25) is 9.59 Å². The summed E-state index contributed by atoms with van der Waals surface area (Å²) in [7, 11) is 0. The van der Waals surface area contributed by atoms with Crippen molar-refractivity contribution >= 4 is 40.9 Å². The van der Waals surface area contributed by atoms with E-state index in [1.54, 1.807) is 37.3 Å². The minimum absolute atomic E-state index is 0.00578. The van der Waals surface area contributed by atoms with Crippen LogP contribution in [0.1, 0.15) is 41.6 Å². The molecule has 2 amide bonds. The summed E-state index contributed by atoms with van der Waals surface area (Å²) in [5, 5.41) is 5.77. The Bertz CT molecular complexity index is 1100. The fraction of sp³-hybridized carbons (Fsp3) is 0.292. The molecule has 1 aromatic heterocycles. The molecule has 2 rings (SSSR count). The number of benzene rings is 1. The summed E-state index contributed by atoms with van der Waals surface area (Å²) in [6, 6.07) is 8.51. The number of thioether (sulfide) groups is 1. The highest BCUT2D eigenvalue weighted by Gasteiger charge is 2.21. The van der Waals surface area contributed by atoms with E-state index < -0.39 is 11.8 Å². The normalized spacial score (nSPS) is 12.3. The first-order valence-electron chi connectivity index (χ1n) is 10.4. The summed E-state index contributed by atoms with van der Waals surface area (Å²) in [4.78, 5) is 30.9. The van der Waals surface area contributed by atoms with Crippen molar-refractivity contribution in [2.24, 2.45) is 16.9 Å². The second-order valence-corrected chi connectivity index (χ2v) is 9.68. The third-order valence-corrected chi connectivity index (χ3v) is 5.48. The monoisotopic (exact) mass is 503 g/mol. The van der Waals surface area contributed by atoms with Crippen molar-refractivity contribution in [2.45, 2.75) is 25.7 Å². The maximum atomic E-state index is 13.2. The maximum absolute atomic E-state index is 13.2. The Labute approximate surface area is 209 Å². The average Bonchev–Trinajstić information content (AvgIpc) is 2.81. The first-order chi connectivity index (χ1) is 16.1. The second-order valence-electron chi connectivity index (χ2n) is 8.20. The van der Waals surface area contributed by atoms with Crippen LogP contribution in [0.4, 0.5) is 5.69 Å². The molecule has 0 aliphatic carbocycles. The molecular formula is C24H30ClN5O3S. The summed E-state index contributed by atoms with van der Waals surface area (Å²) in [5.41, 5.74) is 11.9. The summed E-state index contributed by atoms with van der Waals surface area (Å²) in [6.45, 7) is 6.42. The Morgan fingerprint density at radius 3 is 2.62 bits per heavy atom. The highest BCUT2D eigenvalue weighted by molar-refractivity contribution is 7.98. The number of hydrogen-bond acceptors (Lipinski definition) is 7. The van der Waals surface area contributed by atoms with Crippen molar-refractivity contribution in [1.82, 2.24) is 10.3 Å². The summed E-state index contributed by atoms with van der Waals surface area (Å²) >= 11 is 7.31. The Hall–Kier alpha value is -3.01. The van der Waals surface area contributed by atoms with E-state index >= 15 is 0 Å². The van der Waals surface area contributed by atoms with Crippen molar-refractivity contribution in [3.63, 3.8) is 0 Å². The van der Waals surface area contributed by atoms with Gasteiger partial charge in [0.25, 0.3) is 11.8 Å². The van der Waals surface area contributed by atoms with Gasteiger partial charge in [0.2, 0.25) is 0 Å². The number of allylic oxidation sites excluding steroid dienone is 3. The zero-order valence-electron chi connectivity index (χ0n) is 19.6. The molecule has 0 atom stereocenters. The molecular weight excluding hydrogens is 474 g/mol. The quantitative estimate of drug-likeness (QED) is 0.283. The Kier molecular flexibility index (Phi) is 9.97. The van der Waals surface area contributed by atoms with E-state index in [1.165, 1.54) is 24.0 Å². The minimum Gasteiger partial charge on any atom is -0.492 e. The topological polar surface area (TPSA) is 132 Å². The highest BCUT2D eigenvalue weighted by atomic mass is 35.5.